The summed E-state index contributed by atoms with van der Waals surface area (Å²) in [5.41, 5.74) is 6.79. The van der Waals surface area contributed by atoms with Crippen LogP contribution in [0.5, 0.6) is 11.5 Å². The van der Waals surface area contributed by atoms with E-state index in [-0.39, 0.29) is 5.41 Å². The van der Waals surface area contributed by atoms with Crippen LogP contribution in [0.25, 0.3) is 54.7 Å². The van der Waals surface area contributed by atoms with Crippen LogP contribution in [0.15, 0.2) is 71.3 Å². The Morgan fingerprint density at radius 1 is 0.857 bits per heavy atom. The fourth-order valence-corrected chi connectivity index (χ4v) is 5.96. The van der Waals surface area contributed by atoms with Gasteiger partial charge < -0.3 is 9.15 Å². The zero-order chi connectivity index (χ0) is 24.1. The summed E-state index contributed by atoms with van der Waals surface area (Å²) in [6.45, 7) is 9.08. The number of furan rings is 1. The first-order valence-corrected chi connectivity index (χ1v) is 12.3. The van der Waals surface area contributed by atoms with E-state index >= 15 is 0 Å². The zero-order valence-electron chi connectivity index (χ0n) is 20.8. The van der Waals surface area contributed by atoms with Gasteiger partial charge in [0.05, 0.1) is 5.56 Å². The summed E-state index contributed by atoms with van der Waals surface area (Å²) in [6.07, 6.45) is 3.04. The maximum Gasteiger partial charge on any atom is 0.228 e. The van der Waals surface area contributed by atoms with E-state index in [9.17, 15) is 0 Å². The monoisotopic (exact) mass is 458 g/mol. The number of hydrogen-bond acceptors (Lipinski definition) is 2. The van der Waals surface area contributed by atoms with Crippen LogP contribution in [0.1, 0.15) is 31.9 Å². The van der Waals surface area contributed by atoms with Crippen LogP contribution >= 0.6 is 0 Å². The Balaban J connectivity index is 1.73. The molecule has 0 N–H and O–H groups in total. The molecule has 0 unspecified atom stereocenters. The molecule has 0 saturated carbocycles. The van der Waals surface area contributed by atoms with Crippen LogP contribution in [-0.2, 0) is 13.5 Å². The topological polar surface area (TPSA) is 26.2 Å². The van der Waals surface area contributed by atoms with Gasteiger partial charge in [-0.05, 0) is 47.2 Å². The molecule has 3 nitrogen and oxygen atoms in total. The fraction of sp³-hybridized carbons (Fsp3) is 0.219. The summed E-state index contributed by atoms with van der Waals surface area (Å²) in [7, 11) is 2.13. The molecule has 7 rings (SSSR count). The highest BCUT2D eigenvalue weighted by molar-refractivity contribution is 6.21. The van der Waals surface area contributed by atoms with Gasteiger partial charge in [0, 0.05) is 27.8 Å². The van der Waals surface area contributed by atoms with Crippen molar-refractivity contribution in [3.8, 4) is 22.8 Å². The normalized spacial score (nSPS) is 13.1. The minimum atomic E-state index is 0.0789. The lowest BCUT2D eigenvalue weighted by Crippen LogP contribution is -2.32. The molecule has 3 heterocycles. The lowest BCUT2D eigenvalue weighted by molar-refractivity contribution is -0.659. The van der Waals surface area contributed by atoms with Gasteiger partial charge in [-0.1, -0.05) is 63.2 Å². The highest BCUT2D eigenvalue weighted by atomic mass is 16.5. The van der Waals surface area contributed by atoms with Crippen LogP contribution in [0.2, 0.25) is 0 Å². The summed E-state index contributed by atoms with van der Waals surface area (Å²) < 4.78 is 15.7. The van der Waals surface area contributed by atoms with E-state index < -0.39 is 0 Å². The Morgan fingerprint density at radius 2 is 1.60 bits per heavy atom. The van der Waals surface area contributed by atoms with Crippen molar-refractivity contribution in [2.24, 2.45) is 12.5 Å². The van der Waals surface area contributed by atoms with Crippen molar-refractivity contribution >= 4 is 43.5 Å². The molecule has 1 aliphatic heterocycles. The largest absolute Gasteiger partial charge is 0.455 e. The van der Waals surface area contributed by atoms with E-state index in [1.54, 1.807) is 0 Å². The molecule has 1 aliphatic rings. The van der Waals surface area contributed by atoms with E-state index in [0.29, 0.717) is 0 Å². The third-order valence-corrected chi connectivity index (χ3v) is 7.40. The van der Waals surface area contributed by atoms with Crippen LogP contribution in [-0.4, -0.2) is 0 Å². The Morgan fingerprint density at radius 3 is 2.40 bits per heavy atom. The van der Waals surface area contributed by atoms with Gasteiger partial charge in [-0.3, -0.25) is 0 Å². The molecule has 0 saturated heterocycles. The van der Waals surface area contributed by atoms with Crippen molar-refractivity contribution in [2.75, 3.05) is 0 Å². The number of aryl methyl sites for hydroxylation is 2. The zero-order valence-corrected chi connectivity index (χ0v) is 20.8. The first kappa shape index (κ1) is 20.5. The molecular weight excluding hydrogens is 430 g/mol. The van der Waals surface area contributed by atoms with Gasteiger partial charge in [0.15, 0.2) is 6.20 Å². The van der Waals surface area contributed by atoms with Crippen molar-refractivity contribution in [3.05, 3.63) is 78.0 Å². The van der Waals surface area contributed by atoms with Crippen molar-refractivity contribution in [3.63, 3.8) is 0 Å². The summed E-state index contributed by atoms with van der Waals surface area (Å²) in [5, 5.41) is 7.05. The second kappa shape index (κ2) is 6.85. The molecule has 0 radical (unpaired) electrons. The third kappa shape index (κ3) is 2.81. The fourth-order valence-electron chi connectivity index (χ4n) is 5.96. The SMILES string of the molecule is Cc1c2c(cc3ccccc13)Oc1c(CC(C)(C)C)c3c4ccccc4oc3c3cc[n+](C)c-2c13. The number of benzene rings is 4. The molecule has 0 amide bonds. The van der Waals surface area contributed by atoms with Gasteiger partial charge in [-0.2, -0.15) is 0 Å². The number of fused-ring (bicyclic) bond motifs is 7. The van der Waals surface area contributed by atoms with Crippen LogP contribution in [0, 0.1) is 12.3 Å². The number of hydrogen-bond donors (Lipinski definition) is 0. The molecule has 0 bridgehead atoms. The molecule has 0 atom stereocenters. The minimum Gasteiger partial charge on any atom is -0.455 e. The summed E-state index contributed by atoms with van der Waals surface area (Å²) in [4.78, 5) is 0. The van der Waals surface area contributed by atoms with Gasteiger partial charge >= 0.3 is 0 Å². The third-order valence-electron chi connectivity index (χ3n) is 7.40. The molecule has 6 aromatic rings. The summed E-state index contributed by atoms with van der Waals surface area (Å²) in [5.74, 6) is 1.90. The Labute approximate surface area is 204 Å². The smallest absolute Gasteiger partial charge is 0.228 e. The van der Waals surface area contributed by atoms with E-state index in [4.69, 9.17) is 9.15 Å². The van der Waals surface area contributed by atoms with Crippen molar-refractivity contribution in [1.82, 2.24) is 0 Å². The number of para-hydroxylation sites is 1. The highest BCUT2D eigenvalue weighted by Gasteiger charge is 2.35. The first-order chi connectivity index (χ1) is 16.8. The van der Waals surface area contributed by atoms with E-state index in [1.165, 1.54) is 38.5 Å². The van der Waals surface area contributed by atoms with Gasteiger partial charge in [0.2, 0.25) is 5.69 Å². The maximum absolute atomic E-state index is 6.94. The second-order valence-corrected chi connectivity index (χ2v) is 11.1. The quantitative estimate of drug-likeness (QED) is 0.231. The standard InChI is InChI=1S/C32H28NO2/c1-18-20-11-7-6-10-19(20)16-25-26(18)29-28-22(14-15-33(29)5)30-27(21-12-8-9-13-24(21)34-30)23(31(28)35-25)17-32(2,3)4/h6-16H,17H2,1-5H3/q+1. The number of aromatic nitrogens is 1. The average molecular weight is 459 g/mol. The van der Waals surface area contributed by atoms with Gasteiger partial charge in [-0.15, -0.1) is 0 Å². The molecular formula is C32H28NO2+. The number of ether oxygens (including phenoxy) is 1. The molecule has 0 aliphatic carbocycles. The number of rotatable bonds is 1. The maximum atomic E-state index is 6.94. The lowest BCUT2D eigenvalue weighted by Gasteiger charge is -2.27. The molecule has 2 aromatic heterocycles. The van der Waals surface area contributed by atoms with Crippen molar-refractivity contribution < 1.29 is 13.7 Å². The lowest BCUT2D eigenvalue weighted by atomic mass is 9.83. The number of nitrogens with zero attached hydrogens (tertiary/aromatic N) is 1. The van der Waals surface area contributed by atoms with E-state index in [2.05, 4.69) is 100 Å². The molecule has 0 fully saturated rings. The Hall–Kier alpha value is -3.85. The van der Waals surface area contributed by atoms with Crippen LogP contribution < -0.4 is 9.30 Å². The van der Waals surface area contributed by atoms with E-state index in [0.717, 1.165) is 45.2 Å². The predicted octanol–water partition coefficient (Wildman–Crippen LogP) is 8.39. The number of pyridine rings is 1. The first-order valence-electron chi connectivity index (χ1n) is 12.3. The minimum absolute atomic E-state index is 0.0789. The molecule has 4 aromatic carbocycles. The van der Waals surface area contributed by atoms with Gasteiger partial charge in [0.1, 0.15) is 35.1 Å². The highest BCUT2D eigenvalue weighted by Crippen LogP contribution is 2.53. The molecule has 0 spiro atoms. The Kier molecular flexibility index (Phi) is 4.02. The van der Waals surface area contributed by atoms with Crippen LogP contribution in [0.4, 0.5) is 0 Å². The van der Waals surface area contributed by atoms with E-state index in [1.807, 2.05) is 6.07 Å². The van der Waals surface area contributed by atoms with Gasteiger partial charge in [-0.25, -0.2) is 4.57 Å². The van der Waals surface area contributed by atoms with Crippen molar-refractivity contribution in [1.29, 1.82) is 0 Å². The van der Waals surface area contributed by atoms with Crippen molar-refractivity contribution in [2.45, 2.75) is 34.1 Å². The summed E-state index contributed by atoms with van der Waals surface area (Å²) in [6, 6.07) is 21.3. The summed E-state index contributed by atoms with van der Waals surface area (Å²) >= 11 is 0. The average Bonchev–Trinajstić information content (AvgIpc) is 3.21. The predicted molar refractivity (Wildman–Crippen MR) is 143 cm³/mol. The van der Waals surface area contributed by atoms with Crippen LogP contribution in [0.3, 0.4) is 0 Å². The molecule has 35 heavy (non-hydrogen) atoms. The van der Waals surface area contributed by atoms with Gasteiger partial charge in [0.25, 0.3) is 0 Å². The second-order valence-electron chi connectivity index (χ2n) is 11.1. The molecule has 3 heteroatoms. The molecule has 172 valence electrons. The Bertz CT molecular complexity index is 1850.